The predicted molar refractivity (Wildman–Crippen MR) is 87.9 cm³/mol. The van der Waals surface area contributed by atoms with Crippen molar-refractivity contribution in [3.63, 3.8) is 0 Å². The Balaban J connectivity index is 2.53. The van der Waals surface area contributed by atoms with E-state index < -0.39 is 11.6 Å². The lowest BCUT2D eigenvalue weighted by atomic mass is 9.99. The number of nitrogens with zero attached hydrogens (tertiary/aromatic N) is 1. The maximum absolute atomic E-state index is 14.2. The number of carbonyl (C=O) groups is 1. The molecule has 0 spiro atoms. The Morgan fingerprint density at radius 1 is 1.35 bits per heavy atom. The maximum atomic E-state index is 14.2. The summed E-state index contributed by atoms with van der Waals surface area (Å²) in [6.45, 7) is 5.65. The zero-order valence-electron chi connectivity index (χ0n) is 12.9. The van der Waals surface area contributed by atoms with Gasteiger partial charge in [-0.3, -0.25) is 4.79 Å². The van der Waals surface area contributed by atoms with E-state index in [9.17, 15) is 13.6 Å². The minimum atomic E-state index is -0.804. The second-order valence-electron chi connectivity index (χ2n) is 5.11. The monoisotopic (exact) mass is 316 g/mol. The molecule has 3 nitrogen and oxygen atoms in total. The molecule has 1 aromatic rings. The number of halogens is 2. The molecule has 5 heteroatoms. The van der Waals surface area contributed by atoms with Gasteiger partial charge in [0.25, 0.3) is 0 Å². The van der Waals surface area contributed by atoms with Crippen LogP contribution in [0.2, 0.25) is 0 Å². The second-order valence-corrected chi connectivity index (χ2v) is 5.11. The summed E-state index contributed by atoms with van der Waals surface area (Å²) >= 11 is 0. The SMILES string of the molecule is C=CN1C=C(c2c(F)ccc(N)c2F)C=C/C1=C(\C=O)CCC. The lowest BCUT2D eigenvalue weighted by molar-refractivity contribution is -0.105. The van der Waals surface area contributed by atoms with Crippen LogP contribution in [0.25, 0.3) is 5.57 Å². The molecule has 0 atom stereocenters. The van der Waals surface area contributed by atoms with Crippen molar-refractivity contribution in [2.45, 2.75) is 19.8 Å². The van der Waals surface area contributed by atoms with Gasteiger partial charge < -0.3 is 10.6 Å². The molecule has 1 aliphatic heterocycles. The third-order valence-corrected chi connectivity index (χ3v) is 3.57. The zero-order chi connectivity index (χ0) is 17.0. The fourth-order valence-electron chi connectivity index (χ4n) is 2.44. The minimum Gasteiger partial charge on any atom is -0.396 e. The van der Waals surface area contributed by atoms with Gasteiger partial charge in [-0.15, -0.1) is 0 Å². The van der Waals surface area contributed by atoms with Crippen molar-refractivity contribution in [2.75, 3.05) is 5.73 Å². The van der Waals surface area contributed by atoms with Crippen molar-refractivity contribution in [3.05, 3.63) is 71.7 Å². The van der Waals surface area contributed by atoms with Crippen molar-refractivity contribution in [2.24, 2.45) is 0 Å². The molecule has 1 heterocycles. The number of allylic oxidation sites excluding steroid dienone is 4. The molecule has 120 valence electrons. The molecule has 0 aliphatic carbocycles. The smallest absolute Gasteiger partial charge is 0.156 e. The Morgan fingerprint density at radius 2 is 2.09 bits per heavy atom. The predicted octanol–water partition coefficient (Wildman–Crippen LogP) is 4.16. The molecule has 0 unspecified atom stereocenters. The van der Waals surface area contributed by atoms with Gasteiger partial charge in [0.05, 0.1) is 16.9 Å². The van der Waals surface area contributed by atoms with Crippen LogP contribution in [-0.2, 0) is 4.79 Å². The highest BCUT2D eigenvalue weighted by atomic mass is 19.1. The van der Waals surface area contributed by atoms with E-state index >= 15 is 0 Å². The first-order chi connectivity index (χ1) is 11.0. The van der Waals surface area contributed by atoms with Gasteiger partial charge in [0.1, 0.15) is 12.1 Å². The Kier molecular flexibility index (Phi) is 5.11. The fraction of sp³-hybridized carbons (Fsp3) is 0.167. The lowest BCUT2D eigenvalue weighted by Crippen LogP contribution is -2.15. The average molecular weight is 316 g/mol. The van der Waals surface area contributed by atoms with Crippen molar-refractivity contribution < 1.29 is 13.6 Å². The van der Waals surface area contributed by atoms with E-state index in [1.54, 1.807) is 17.1 Å². The van der Waals surface area contributed by atoms with Crippen molar-refractivity contribution in [3.8, 4) is 0 Å². The van der Waals surface area contributed by atoms with Gasteiger partial charge in [-0.2, -0.15) is 0 Å². The standard InChI is InChI=1S/C18H18F2N2O/c1-3-5-13(11-23)16-9-6-12(10-22(16)4-2)17-14(19)7-8-15(21)18(17)20/h4,6-11H,2-3,5,21H2,1H3/b16-13+. The van der Waals surface area contributed by atoms with Crippen LogP contribution in [0.15, 0.2) is 54.5 Å². The summed E-state index contributed by atoms with van der Waals surface area (Å²) in [6.07, 6.45) is 8.44. The van der Waals surface area contributed by atoms with E-state index in [-0.39, 0.29) is 11.3 Å². The van der Waals surface area contributed by atoms with Crippen LogP contribution in [0.1, 0.15) is 25.3 Å². The van der Waals surface area contributed by atoms with E-state index in [0.717, 1.165) is 18.8 Å². The molecule has 2 rings (SSSR count). The minimum absolute atomic E-state index is 0.123. The van der Waals surface area contributed by atoms with Crippen molar-refractivity contribution >= 4 is 17.5 Å². The van der Waals surface area contributed by atoms with Crippen LogP contribution in [0.4, 0.5) is 14.5 Å². The summed E-state index contributed by atoms with van der Waals surface area (Å²) in [7, 11) is 0. The summed E-state index contributed by atoms with van der Waals surface area (Å²) < 4.78 is 28.2. The number of nitrogen functional groups attached to an aromatic ring is 1. The van der Waals surface area contributed by atoms with Crippen LogP contribution in [0, 0.1) is 11.6 Å². The molecule has 1 aromatic carbocycles. The molecule has 0 amide bonds. The number of carbonyl (C=O) groups excluding carboxylic acids is 1. The van der Waals surface area contributed by atoms with Gasteiger partial charge in [0.15, 0.2) is 5.82 Å². The Morgan fingerprint density at radius 3 is 2.70 bits per heavy atom. The van der Waals surface area contributed by atoms with Crippen molar-refractivity contribution in [1.82, 2.24) is 4.90 Å². The van der Waals surface area contributed by atoms with Crippen LogP contribution in [-0.4, -0.2) is 11.2 Å². The topological polar surface area (TPSA) is 46.3 Å². The number of nitrogens with two attached hydrogens (primary N) is 1. The van der Waals surface area contributed by atoms with Gasteiger partial charge >= 0.3 is 0 Å². The van der Waals surface area contributed by atoms with Crippen LogP contribution in [0.3, 0.4) is 0 Å². The molecule has 0 radical (unpaired) electrons. The van der Waals surface area contributed by atoms with E-state index in [1.807, 2.05) is 6.92 Å². The Bertz CT molecular complexity index is 733. The number of anilines is 1. The van der Waals surface area contributed by atoms with E-state index in [1.165, 1.54) is 18.5 Å². The highest BCUT2D eigenvalue weighted by Gasteiger charge is 2.19. The number of benzene rings is 1. The summed E-state index contributed by atoms with van der Waals surface area (Å²) in [6, 6.07) is 2.31. The number of hydrogen-bond donors (Lipinski definition) is 1. The maximum Gasteiger partial charge on any atom is 0.156 e. The second kappa shape index (κ2) is 7.05. The first-order valence-corrected chi connectivity index (χ1v) is 7.26. The summed E-state index contributed by atoms with van der Waals surface area (Å²) in [5.41, 5.74) is 6.76. The Hall–Kier alpha value is -2.69. The van der Waals surface area contributed by atoms with Crippen molar-refractivity contribution in [1.29, 1.82) is 0 Å². The molecule has 0 saturated heterocycles. The van der Waals surface area contributed by atoms with Gasteiger partial charge in [-0.05, 0) is 24.6 Å². The van der Waals surface area contributed by atoms with Gasteiger partial charge in [0.2, 0.25) is 0 Å². The summed E-state index contributed by atoms with van der Waals surface area (Å²) in [5, 5.41) is 0. The molecule has 2 N–H and O–H groups in total. The summed E-state index contributed by atoms with van der Waals surface area (Å²) in [4.78, 5) is 12.8. The van der Waals surface area contributed by atoms with E-state index in [2.05, 4.69) is 6.58 Å². The fourth-order valence-corrected chi connectivity index (χ4v) is 2.44. The van der Waals surface area contributed by atoms with E-state index in [4.69, 9.17) is 5.73 Å². The summed E-state index contributed by atoms with van der Waals surface area (Å²) in [5.74, 6) is -1.50. The largest absolute Gasteiger partial charge is 0.396 e. The molecule has 0 aromatic heterocycles. The van der Waals surface area contributed by atoms with Gasteiger partial charge in [-0.25, -0.2) is 8.78 Å². The third-order valence-electron chi connectivity index (χ3n) is 3.57. The zero-order valence-corrected chi connectivity index (χ0v) is 12.9. The number of hydrogen-bond acceptors (Lipinski definition) is 3. The van der Waals surface area contributed by atoms with E-state index in [0.29, 0.717) is 23.3 Å². The van der Waals surface area contributed by atoms with Crippen LogP contribution < -0.4 is 5.73 Å². The first kappa shape index (κ1) is 16.7. The third kappa shape index (κ3) is 3.23. The quantitative estimate of drug-likeness (QED) is 0.504. The normalized spacial score (nSPS) is 16.1. The average Bonchev–Trinajstić information content (AvgIpc) is 2.56. The number of rotatable bonds is 5. The molecule has 1 aliphatic rings. The number of aldehydes is 1. The molecular weight excluding hydrogens is 298 g/mol. The Labute approximate surface area is 134 Å². The highest BCUT2D eigenvalue weighted by molar-refractivity contribution is 5.81. The molecular formula is C18H18F2N2O. The molecule has 23 heavy (non-hydrogen) atoms. The molecule has 0 fully saturated rings. The highest BCUT2D eigenvalue weighted by Crippen LogP contribution is 2.31. The van der Waals surface area contributed by atoms with Gasteiger partial charge in [0, 0.05) is 23.5 Å². The first-order valence-electron chi connectivity index (χ1n) is 7.26. The van der Waals surface area contributed by atoms with Gasteiger partial charge in [-0.1, -0.05) is 26.0 Å². The van der Waals surface area contributed by atoms with Crippen LogP contribution in [0.5, 0.6) is 0 Å². The lowest BCUT2D eigenvalue weighted by Gasteiger charge is -2.24. The molecule has 0 saturated carbocycles. The van der Waals surface area contributed by atoms with Crippen LogP contribution >= 0.6 is 0 Å². The molecule has 0 bridgehead atoms.